The van der Waals surface area contributed by atoms with Gasteiger partial charge in [0.05, 0.1) is 13.2 Å². The van der Waals surface area contributed by atoms with Gasteiger partial charge in [0.2, 0.25) is 5.91 Å². The van der Waals surface area contributed by atoms with Crippen LogP contribution in [0.2, 0.25) is 0 Å². The highest BCUT2D eigenvalue weighted by Gasteiger charge is 2.12. The minimum atomic E-state index is -0.231. The topological polar surface area (TPSA) is 67.4 Å². The summed E-state index contributed by atoms with van der Waals surface area (Å²) in [5.74, 6) is 0.547. The van der Waals surface area contributed by atoms with Crippen LogP contribution in [-0.2, 0) is 16.0 Å². The molecule has 1 aromatic heterocycles. The van der Waals surface area contributed by atoms with Crippen molar-refractivity contribution in [2.45, 2.75) is 16.3 Å². The van der Waals surface area contributed by atoms with Gasteiger partial charge in [-0.2, -0.15) is 0 Å². The number of anilines is 2. The Morgan fingerprint density at radius 3 is 2.84 bits per heavy atom. The van der Waals surface area contributed by atoms with Gasteiger partial charge in [0, 0.05) is 42.0 Å². The fraction of sp³-hybridized carbons (Fsp3) is 0.208. The number of nitrogens with one attached hydrogen (secondary N) is 1. The molecule has 0 aliphatic carbocycles. The fourth-order valence-corrected chi connectivity index (χ4v) is 4.19. The number of aromatic nitrogens is 2. The number of carbonyl (C=O) groups excluding carboxylic acids is 1. The molecule has 6 nitrogen and oxygen atoms in total. The van der Waals surface area contributed by atoms with Crippen LogP contribution >= 0.6 is 11.8 Å². The zero-order chi connectivity index (χ0) is 21.5. The molecule has 1 fully saturated rings. The van der Waals surface area contributed by atoms with Gasteiger partial charge in [-0.25, -0.2) is 9.97 Å². The number of hydrogen-bond donors (Lipinski definition) is 1. The summed E-state index contributed by atoms with van der Waals surface area (Å²) in [7, 11) is 0. The van der Waals surface area contributed by atoms with Crippen LogP contribution in [0.1, 0.15) is 11.4 Å². The van der Waals surface area contributed by atoms with E-state index in [0.717, 1.165) is 47.7 Å². The summed E-state index contributed by atoms with van der Waals surface area (Å²) in [6.07, 6.45) is 3.71. The number of nitrogens with zero attached hydrogens (tertiary/aromatic N) is 3. The molecule has 3 aromatic rings. The molecule has 158 valence electrons. The summed E-state index contributed by atoms with van der Waals surface area (Å²) in [6, 6.07) is 18.1. The zero-order valence-electron chi connectivity index (χ0n) is 17.2. The molecule has 1 amide bonds. The van der Waals surface area contributed by atoms with Crippen molar-refractivity contribution in [3.8, 4) is 0 Å². The van der Waals surface area contributed by atoms with Crippen molar-refractivity contribution < 1.29 is 9.53 Å². The number of benzene rings is 2. The van der Waals surface area contributed by atoms with Crippen LogP contribution in [-0.4, -0.2) is 42.2 Å². The number of hydrogen-bond acceptors (Lipinski definition) is 6. The van der Waals surface area contributed by atoms with E-state index in [1.165, 1.54) is 29.1 Å². The van der Waals surface area contributed by atoms with Gasteiger partial charge in [-0.15, -0.1) is 0 Å². The van der Waals surface area contributed by atoms with E-state index in [0.29, 0.717) is 6.42 Å². The van der Waals surface area contributed by atoms with Crippen LogP contribution in [0.15, 0.2) is 83.4 Å². The standard InChI is InChI=1S/C24H24N4O2S/c1-2-23(29)26-19-6-4-8-21(17-19)31-24-9-10-25-22(27-24)16-18-5-3-7-20(15-18)28-11-13-30-14-12-28/h2-10,15,17H,1,11-14,16H2,(H,26,29). The number of rotatable bonds is 7. The van der Waals surface area contributed by atoms with E-state index >= 15 is 0 Å². The van der Waals surface area contributed by atoms with Gasteiger partial charge < -0.3 is 15.0 Å². The van der Waals surface area contributed by atoms with Crippen LogP contribution in [0.3, 0.4) is 0 Å². The summed E-state index contributed by atoms with van der Waals surface area (Å²) in [5.41, 5.74) is 3.12. The average Bonchev–Trinajstić information content (AvgIpc) is 2.80. The van der Waals surface area contributed by atoms with Crippen LogP contribution in [0.5, 0.6) is 0 Å². The lowest BCUT2D eigenvalue weighted by molar-refractivity contribution is -0.111. The molecular weight excluding hydrogens is 408 g/mol. The van der Waals surface area contributed by atoms with E-state index in [1.807, 2.05) is 30.3 Å². The molecule has 0 bridgehead atoms. The van der Waals surface area contributed by atoms with E-state index in [1.54, 1.807) is 6.20 Å². The second-order valence-electron chi connectivity index (χ2n) is 7.08. The van der Waals surface area contributed by atoms with Gasteiger partial charge in [0.15, 0.2) is 0 Å². The third-order valence-electron chi connectivity index (χ3n) is 4.84. The maximum Gasteiger partial charge on any atom is 0.247 e. The first-order valence-corrected chi connectivity index (χ1v) is 11.0. The van der Waals surface area contributed by atoms with Crippen molar-refractivity contribution in [1.82, 2.24) is 9.97 Å². The Bertz CT molecular complexity index is 1070. The predicted octanol–water partition coefficient (Wildman–Crippen LogP) is 4.18. The predicted molar refractivity (Wildman–Crippen MR) is 124 cm³/mol. The Hall–Kier alpha value is -3.16. The molecule has 2 aromatic carbocycles. The van der Waals surface area contributed by atoms with E-state index < -0.39 is 0 Å². The molecule has 0 unspecified atom stereocenters. The Labute approximate surface area is 186 Å². The largest absolute Gasteiger partial charge is 0.378 e. The Morgan fingerprint density at radius 2 is 2.00 bits per heavy atom. The van der Waals surface area contributed by atoms with Crippen LogP contribution in [0, 0.1) is 0 Å². The van der Waals surface area contributed by atoms with Gasteiger partial charge in [0.25, 0.3) is 0 Å². The molecule has 4 rings (SSSR count). The van der Waals surface area contributed by atoms with E-state index in [9.17, 15) is 4.79 Å². The summed E-state index contributed by atoms with van der Waals surface area (Å²) in [6.45, 7) is 6.85. The summed E-state index contributed by atoms with van der Waals surface area (Å²) in [4.78, 5) is 24.0. The first kappa shape index (κ1) is 21.1. The first-order chi connectivity index (χ1) is 15.2. The lowest BCUT2D eigenvalue weighted by atomic mass is 10.1. The van der Waals surface area contributed by atoms with Gasteiger partial charge in [-0.3, -0.25) is 4.79 Å². The van der Waals surface area contributed by atoms with Crippen LogP contribution in [0.25, 0.3) is 0 Å². The number of morpholine rings is 1. The smallest absolute Gasteiger partial charge is 0.247 e. The Kier molecular flexibility index (Phi) is 6.96. The van der Waals surface area contributed by atoms with Crippen molar-refractivity contribution in [2.75, 3.05) is 36.5 Å². The molecule has 1 N–H and O–H groups in total. The fourth-order valence-electron chi connectivity index (χ4n) is 3.34. The third kappa shape index (κ3) is 5.93. The molecule has 1 saturated heterocycles. The van der Waals surface area contributed by atoms with Gasteiger partial charge in [0.1, 0.15) is 10.9 Å². The Balaban J connectivity index is 1.45. The minimum absolute atomic E-state index is 0.231. The molecule has 7 heteroatoms. The maximum atomic E-state index is 11.5. The summed E-state index contributed by atoms with van der Waals surface area (Å²) in [5, 5.41) is 3.64. The van der Waals surface area contributed by atoms with Crippen molar-refractivity contribution in [1.29, 1.82) is 0 Å². The van der Waals surface area contributed by atoms with Crippen molar-refractivity contribution in [3.05, 3.63) is 84.8 Å². The second kappa shape index (κ2) is 10.2. The van der Waals surface area contributed by atoms with Crippen molar-refractivity contribution in [3.63, 3.8) is 0 Å². The monoisotopic (exact) mass is 432 g/mol. The zero-order valence-corrected chi connectivity index (χ0v) is 18.0. The minimum Gasteiger partial charge on any atom is -0.378 e. The van der Waals surface area contributed by atoms with Crippen molar-refractivity contribution >= 4 is 29.0 Å². The van der Waals surface area contributed by atoms with Crippen molar-refractivity contribution in [2.24, 2.45) is 0 Å². The normalized spacial score (nSPS) is 13.6. The summed E-state index contributed by atoms with van der Waals surface area (Å²) < 4.78 is 5.45. The maximum absolute atomic E-state index is 11.5. The summed E-state index contributed by atoms with van der Waals surface area (Å²) >= 11 is 1.54. The lowest BCUT2D eigenvalue weighted by Crippen LogP contribution is -2.36. The molecule has 31 heavy (non-hydrogen) atoms. The van der Waals surface area contributed by atoms with Crippen LogP contribution in [0.4, 0.5) is 11.4 Å². The molecule has 0 atom stereocenters. The lowest BCUT2D eigenvalue weighted by Gasteiger charge is -2.29. The Morgan fingerprint density at radius 1 is 1.16 bits per heavy atom. The molecule has 0 spiro atoms. The molecular formula is C24H24N4O2S. The molecule has 0 saturated carbocycles. The highest BCUT2D eigenvalue weighted by molar-refractivity contribution is 7.99. The highest BCUT2D eigenvalue weighted by atomic mass is 32.2. The SMILES string of the molecule is C=CC(=O)Nc1cccc(Sc2ccnc(Cc3cccc(N4CCOCC4)c3)n2)c1. The van der Waals surface area contributed by atoms with Gasteiger partial charge >= 0.3 is 0 Å². The third-order valence-corrected chi connectivity index (χ3v) is 5.76. The van der Waals surface area contributed by atoms with E-state index in [-0.39, 0.29) is 5.91 Å². The number of amides is 1. The average molecular weight is 433 g/mol. The highest BCUT2D eigenvalue weighted by Crippen LogP contribution is 2.28. The van der Waals surface area contributed by atoms with Gasteiger partial charge in [-0.1, -0.05) is 36.5 Å². The quantitative estimate of drug-likeness (QED) is 0.446. The first-order valence-electron chi connectivity index (χ1n) is 10.1. The number of carbonyl (C=O) groups is 1. The second-order valence-corrected chi connectivity index (χ2v) is 8.17. The molecule has 0 radical (unpaired) electrons. The van der Waals surface area contributed by atoms with Crippen LogP contribution < -0.4 is 10.2 Å². The van der Waals surface area contributed by atoms with Gasteiger partial charge in [-0.05, 0) is 48.0 Å². The molecule has 1 aliphatic rings. The molecule has 1 aliphatic heterocycles. The van der Waals surface area contributed by atoms with E-state index in [2.05, 4.69) is 46.0 Å². The van der Waals surface area contributed by atoms with E-state index in [4.69, 9.17) is 9.72 Å². The number of ether oxygens (including phenoxy) is 1. The molecule has 2 heterocycles.